The molecule has 0 saturated carbocycles. The van der Waals surface area contributed by atoms with Crippen molar-refractivity contribution in [3.05, 3.63) is 150 Å². The Kier molecular flexibility index (Phi) is 10.7. The van der Waals surface area contributed by atoms with Gasteiger partial charge >= 0.3 is 15.6 Å². The molecule has 5 rings (SSSR count). The number of benzene rings is 5. The fraction of sp³-hybridized carbons (Fsp3) is 0.0909. The van der Waals surface area contributed by atoms with Crippen molar-refractivity contribution in [1.29, 1.82) is 0 Å². The molecule has 0 aliphatic rings. The summed E-state index contributed by atoms with van der Waals surface area (Å²) in [5.74, 6) is 1.82. The molecule has 222 valence electrons. The fourth-order valence-electron chi connectivity index (χ4n) is 3.49. The molecule has 0 amide bonds. The highest BCUT2D eigenvalue weighted by Crippen LogP contribution is 2.50. The third-order valence-electron chi connectivity index (χ3n) is 5.64. The van der Waals surface area contributed by atoms with Gasteiger partial charge in [-0.2, -0.15) is 4.57 Å². The van der Waals surface area contributed by atoms with Crippen molar-refractivity contribution in [1.82, 2.24) is 0 Å². The Morgan fingerprint density at radius 1 is 0.395 bits per heavy atom. The molecular formula is C33H32O8P2. The number of phosphoric ester groups is 2. The van der Waals surface area contributed by atoms with Crippen molar-refractivity contribution < 1.29 is 36.6 Å². The van der Waals surface area contributed by atoms with Crippen LogP contribution in [0.4, 0.5) is 0 Å². The highest BCUT2D eigenvalue weighted by molar-refractivity contribution is 7.49. The molecule has 0 aliphatic heterocycles. The zero-order valence-corrected chi connectivity index (χ0v) is 25.7. The maximum absolute atomic E-state index is 13.3. The predicted octanol–water partition coefficient (Wildman–Crippen LogP) is 9.50. The standard InChI is InChI=1S/C21H21O4P.C12H11O4P/c1-16-4-10-19(11-5-16)23-26(22,24-20-12-6-17(2)7-13-20)25-21-14-8-18(3)9-15-21;13-17(14,15-11-7-3-1-4-8-11)16-12-9-5-2-6-10-12/h4-15H,1-3H3;1-10H,(H,13,14). The molecule has 0 fully saturated rings. The fourth-order valence-corrected chi connectivity index (χ4v) is 5.55. The van der Waals surface area contributed by atoms with Gasteiger partial charge in [0.05, 0.1) is 0 Å². The first-order chi connectivity index (χ1) is 20.6. The van der Waals surface area contributed by atoms with Crippen LogP contribution in [0.15, 0.2) is 133 Å². The van der Waals surface area contributed by atoms with Gasteiger partial charge in [-0.3, -0.25) is 4.89 Å². The van der Waals surface area contributed by atoms with Crippen molar-refractivity contribution in [3.63, 3.8) is 0 Å². The molecule has 1 N–H and O–H groups in total. The van der Waals surface area contributed by atoms with E-state index >= 15 is 0 Å². The lowest BCUT2D eigenvalue weighted by Gasteiger charge is -2.19. The molecular weight excluding hydrogens is 586 g/mol. The van der Waals surface area contributed by atoms with Crippen LogP contribution >= 0.6 is 15.6 Å². The lowest BCUT2D eigenvalue weighted by atomic mass is 10.2. The largest absolute Gasteiger partial charge is 0.647 e. The van der Waals surface area contributed by atoms with Crippen LogP contribution in [0.3, 0.4) is 0 Å². The summed E-state index contributed by atoms with van der Waals surface area (Å²) >= 11 is 0. The Labute approximate surface area is 251 Å². The molecule has 43 heavy (non-hydrogen) atoms. The number of hydrogen-bond acceptors (Lipinski definition) is 7. The first-order valence-corrected chi connectivity index (χ1v) is 16.2. The van der Waals surface area contributed by atoms with E-state index in [9.17, 15) is 14.0 Å². The van der Waals surface area contributed by atoms with E-state index < -0.39 is 15.6 Å². The minimum Gasteiger partial charge on any atom is -0.395 e. The Balaban J connectivity index is 0.000000215. The zero-order valence-electron chi connectivity index (χ0n) is 23.9. The third kappa shape index (κ3) is 10.7. The van der Waals surface area contributed by atoms with Gasteiger partial charge in [-0.15, -0.1) is 0 Å². The highest BCUT2D eigenvalue weighted by atomic mass is 31.2. The normalized spacial score (nSPS) is 11.0. The topological polar surface area (TPSA) is 101 Å². The molecule has 5 aromatic rings. The average Bonchev–Trinajstić information content (AvgIpc) is 2.98. The average molecular weight is 619 g/mol. The first-order valence-electron chi connectivity index (χ1n) is 13.3. The SMILES string of the molecule is Cc1ccc(OP(=O)(Oc2ccc(C)cc2)Oc2ccc(C)cc2)cc1.O=P(O)(Oc1ccccc1)Oc1ccccc1. The van der Waals surface area contributed by atoms with Gasteiger partial charge < -0.3 is 22.6 Å². The van der Waals surface area contributed by atoms with Crippen molar-refractivity contribution in [2.75, 3.05) is 0 Å². The number of aryl methyl sites for hydroxylation is 3. The Morgan fingerprint density at radius 2 is 0.651 bits per heavy atom. The minimum absolute atomic E-state index is 0.286. The van der Waals surface area contributed by atoms with Gasteiger partial charge in [0.15, 0.2) is 0 Å². The van der Waals surface area contributed by atoms with Gasteiger partial charge in [0.1, 0.15) is 28.7 Å². The summed E-state index contributed by atoms with van der Waals surface area (Å²) < 4.78 is 51.7. The van der Waals surface area contributed by atoms with E-state index in [4.69, 9.17) is 22.6 Å². The van der Waals surface area contributed by atoms with Gasteiger partial charge in [0.2, 0.25) is 0 Å². The van der Waals surface area contributed by atoms with Crippen LogP contribution in [0.25, 0.3) is 0 Å². The summed E-state index contributed by atoms with van der Waals surface area (Å²) in [5, 5.41) is 0. The second-order valence-electron chi connectivity index (χ2n) is 9.44. The second kappa shape index (κ2) is 14.6. The summed E-state index contributed by atoms with van der Waals surface area (Å²) in [7, 11) is -8.07. The van der Waals surface area contributed by atoms with Crippen molar-refractivity contribution in [2.45, 2.75) is 20.8 Å². The summed E-state index contributed by atoms with van der Waals surface area (Å²) in [6.45, 7) is 5.90. The Bertz CT molecular complexity index is 1490. The van der Waals surface area contributed by atoms with Crippen LogP contribution in [0.2, 0.25) is 0 Å². The molecule has 0 atom stereocenters. The molecule has 0 unspecified atom stereocenters. The maximum Gasteiger partial charge on any atom is 0.647 e. The molecule has 0 heterocycles. The second-order valence-corrected chi connectivity index (χ2v) is 12.2. The summed E-state index contributed by atoms with van der Waals surface area (Å²) in [6.07, 6.45) is 0. The maximum atomic E-state index is 13.3. The first kappa shape index (κ1) is 31.5. The molecule has 0 spiro atoms. The van der Waals surface area contributed by atoms with E-state index in [0.717, 1.165) is 16.7 Å². The van der Waals surface area contributed by atoms with Gasteiger partial charge in [0.25, 0.3) is 0 Å². The van der Waals surface area contributed by atoms with Crippen LogP contribution in [0, 0.1) is 20.8 Å². The lowest BCUT2D eigenvalue weighted by molar-refractivity contribution is 0.290. The van der Waals surface area contributed by atoms with E-state index in [2.05, 4.69) is 0 Å². The molecule has 8 nitrogen and oxygen atoms in total. The Hall–Kier alpha value is -4.48. The summed E-state index contributed by atoms with van der Waals surface area (Å²) in [5.41, 5.74) is 3.23. The number of phosphoric acid groups is 2. The molecule has 0 saturated heterocycles. The minimum atomic E-state index is -4.14. The van der Waals surface area contributed by atoms with Crippen molar-refractivity contribution >= 4 is 15.6 Å². The smallest absolute Gasteiger partial charge is 0.395 e. The van der Waals surface area contributed by atoms with Crippen LogP contribution in [0.5, 0.6) is 28.7 Å². The molecule has 0 aromatic heterocycles. The summed E-state index contributed by atoms with van der Waals surface area (Å²) in [6, 6.07) is 38.4. The van der Waals surface area contributed by atoms with Crippen LogP contribution in [-0.4, -0.2) is 4.89 Å². The van der Waals surface area contributed by atoms with E-state index in [1.54, 1.807) is 97.1 Å². The van der Waals surface area contributed by atoms with Crippen LogP contribution in [0.1, 0.15) is 16.7 Å². The molecule has 10 heteroatoms. The van der Waals surface area contributed by atoms with Crippen molar-refractivity contribution in [2.24, 2.45) is 0 Å². The number of hydrogen-bond donors (Lipinski definition) is 1. The molecule has 0 aliphatic carbocycles. The molecule has 0 bridgehead atoms. The number of rotatable bonds is 10. The van der Waals surface area contributed by atoms with E-state index in [-0.39, 0.29) is 11.5 Å². The molecule has 5 aromatic carbocycles. The van der Waals surface area contributed by atoms with Crippen molar-refractivity contribution in [3.8, 4) is 28.7 Å². The third-order valence-corrected chi connectivity index (χ3v) is 7.83. The number of para-hydroxylation sites is 2. The van der Waals surface area contributed by atoms with Gasteiger partial charge in [-0.05, 0) is 81.4 Å². The van der Waals surface area contributed by atoms with Crippen LogP contribution in [-0.2, 0) is 9.13 Å². The monoisotopic (exact) mass is 618 g/mol. The van der Waals surface area contributed by atoms with E-state index in [0.29, 0.717) is 17.2 Å². The zero-order chi connectivity index (χ0) is 30.7. The molecule has 0 radical (unpaired) electrons. The van der Waals surface area contributed by atoms with E-state index in [1.165, 1.54) is 0 Å². The van der Waals surface area contributed by atoms with Crippen LogP contribution < -0.4 is 22.6 Å². The Morgan fingerprint density at radius 3 is 0.930 bits per heavy atom. The van der Waals surface area contributed by atoms with Gasteiger partial charge in [-0.25, -0.2) is 4.57 Å². The predicted molar refractivity (Wildman–Crippen MR) is 167 cm³/mol. The highest BCUT2D eigenvalue weighted by Gasteiger charge is 2.33. The van der Waals surface area contributed by atoms with Gasteiger partial charge in [0, 0.05) is 0 Å². The quantitative estimate of drug-likeness (QED) is 0.155. The van der Waals surface area contributed by atoms with Gasteiger partial charge in [-0.1, -0.05) is 89.5 Å². The summed E-state index contributed by atoms with van der Waals surface area (Å²) in [4.78, 5) is 9.53. The lowest BCUT2D eigenvalue weighted by Crippen LogP contribution is -2.07. The van der Waals surface area contributed by atoms with E-state index in [1.807, 2.05) is 57.2 Å².